The molecule has 0 aliphatic heterocycles. The lowest BCUT2D eigenvalue weighted by molar-refractivity contribution is 0.0474. The maximum absolute atomic E-state index is 12.5. The van der Waals surface area contributed by atoms with Crippen LogP contribution >= 0.6 is 0 Å². The third-order valence-electron chi connectivity index (χ3n) is 4.20. The number of nitriles is 1. The highest BCUT2D eigenvalue weighted by molar-refractivity contribution is 6.00. The van der Waals surface area contributed by atoms with Crippen molar-refractivity contribution >= 4 is 11.8 Å². The summed E-state index contributed by atoms with van der Waals surface area (Å²) in [6.07, 6.45) is 0. The van der Waals surface area contributed by atoms with E-state index in [4.69, 9.17) is 14.7 Å². The molecule has 1 atom stereocenters. The molecule has 0 unspecified atom stereocenters. The SMILES string of the molecule is COC[C@H](C)n1c(C)cc(C(=O)COC(=O)c2cccc(C#N)c2)c1C. The summed E-state index contributed by atoms with van der Waals surface area (Å²) in [5.74, 6) is -0.893. The molecule has 0 aliphatic carbocycles. The van der Waals surface area contributed by atoms with Crippen LogP contribution in [-0.2, 0) is 9.47 Å². The highest BCUT2D eigenvalue weighted by atomic mass is 16.5. The Labute approximate surface area is 152 Å². The van der Waals surface area contributed by atoms with Crippen molar-refractivity contribution in [2.24, 2.45) is 0 Å². The van der Waals surface area contributed by atoms with Gasteiger partial charge in [-0.2, -0.15) is 5.26 Å². The Morgan fingerprint density at radius 1 is 1.27 bits per heavy atom. The van der Waals surface area contributed by atoms with Crippen LogP contribution in [0.4, 0.5) is 0 Å². The van der Waals surface area contributed by atoms with Crippen LogP contribution in [0.15, 0.2) is 30.3 Å². The van der Waals surface area contributed by atoms with E-state index < -0.39 is 5.97 Å². The summed E-state index contributed by atoms with van der Waals surface area (Å²) in [5.41, 5.74) is 2.91. The fourth-order valence-corrected chi connectivity index (χ4v) is 3.06. The predicted molar refractivity (Wildman–Crippen MR) is 96.3 cm³/mol. The van der Waals surface area contributed by atoms with E-state index >= 15 is 0 Å². The van der Waals surface area contributed by atoms with Gasteiger partial charge in [0.2, 0.25) is 5.78 Å². The van der Waals surface area contributed by atoms with E-state index in [1.165, 1.54) is 6.07 Å². The number of aromatic nitrogens is 1. The fourth-order valence-electron chi connectivity index (χ4n) is 3.06. The Hall–Kier alpha value is -2.91. The minimum absolute atomic E-state index is 0.0952. The van der Waals surface area contributed by atoms with Gasteiger partial charge < -0.3 is 14.0 Å². The number of carbonyl (C=O) groups excluding carboxylic acids is 2. The normalized spacial score (nSPS) is 11.7. The van der Waals surface area contributed by atoms with Gasteiger partial charge in [0, 0.05) is 24.1 Å². The lowest BCUT2D eigenvalue weighted by Crippen LogP contribution is -2.17. The van der Waals surface area contributed by atoms with Gasteiger partial charge in [-0.15, -0.1) is 0 Å². The van der Waals surface area contributed by atoms with Crippen molar-refractivity contribution in [2.45, 2.75) is 26.8 Å². The summed E-state index contributed by atoms with van der Waals surface area (Å²) in [4.78, 5) is 24.6. The second kappa shape index (κ2) is 8.45. The number of ether oxygens (including phenoxy) is 2. The van der Waals surface area contributed by atoms with E-state index in [2.05, 4.69) is 0 Å². The number of rotatable bonds is 7. The summed E-state index contributed by atoms with van der Waals surface area (Å²) < 4.78 is 12.3. The van der Waals surface area contributed by atoms with Crippen LogP contribution in [0.25, 0.3) is 0 Å². The van der Waals surface area contributed by atoms with Crippen molar-refractivity contribution in [3.63, 3.8) is 0 Å². The number of carbonyl (C=O) groups is 2. The van der Waals surface area contributed by atoms with Crippen molar-refractivity contribution < 1.29 is 19.1 Å². The summed E-state index contributed by atoms with van der Waals surface area (Å²) in [5, 5.41) is 8.88. The molecular formula is C20H22N2O4. The first-order valence-corrected chi connectivity index (χ1v) is 8.26. The van der Waals surface area contributed by atoms with Gasteiger partial charge in [-0.1, -0.05) is 6.07 Å². The molecule has 0 saturated heterocycles. The summed E-state index contributed by atoms with van der Waals surface area (Å²) in [6, 6.07) is 10.0. The van der Waals surface area contributed by atoms with E-state index in [1.807, 2.05) is 31.4 Å². The Morgan fingerprint density at radius 2 is 2.00 bits per heavy atom. The molecular weight excluding hydrogens is 332 g/mol. The van der Waals surface area contributed by atoms with Gasteiger partial charge in [-0.05, 0) is 45.0 Å². The van der Waals surface area contributed by atoms with Gasteiger partial charge in [0.25, 0.3) is 0 Å². The zero-order valence-electron chi connectivity index (χ0n) is 15.4. The molecule has 0 amide bonds. The molecule has 6 nitrogen and oxygen atoms in total. The lowest BCUT2D eigenvalue weighted by atomic mass is 10.1. The van der Waals surface area contributed by atoms with Gasteiger partial charge >= 0.3 is 5.97 Å². The molecule has 1 aromatic carbocycles. The maximum atomic E-state index is 12.5. The Bertz CT molecular complexity index is 861. The molecule has 0 spiro atoms. The molecule has 0 saturated carbocycles. The minimum atomic E-state index is -0.628. The number of ketones is 1. The number of nitrogens with zero attached hydrogens (tertiary/aromatic N) is 2. The van der Waals surface area contributed by atoms with E-state index in [0.29, 0.717) is 17.7 Å². The molecule has 136 valence electrons. The molecule has 6 heteroatoms. The van der Waals surface area contributed by atoms with E-state index in [1.54, 1.807) is 31.4 Å². The highest BCUT2D eigenvalue weighted by Gasteiger charge is 2.20. The molecule has 1 heterocycles. The highest BCUT2D eigenvalue weighted by Crippen LogP contribution is 2.21. The number of methoxy groups -OCH3 is 1. The van der Waals surface area contributed by atoms with Crippen LogP contribution in [0, 0.1) is 25.2 Å². The van der Waals surface area contributed by atoms with Gasteiger partial charge in [0.05, 0.1) is 29.8 Å². The average Bonchev–Trinajstić information content (AvgIpc) is 2.94. The molecule has 1 aromatic heterocycles. The van der Waals surface area contributed by atoms with Crippen LogP contribution in [0.2, 0.25) is 0 Å². The number of hydrogen-bond acceptors (Lipinski definition) is 5. The average molecular weight is 354 g/mol. The van der Waals surface area contributed by atoms with Crippen molar-refractivity contribution in [2.75, 3.05) is 20.3 Å². The molecule has 0 bridgehead atoms. The Morgan fingerprint density at radius 3 is 2.65 bits per heavy atom. The van der Waals surface area contributed by atoms with Crippen molar-refractivity contribution in [1.29, 1.82) is 5.26 Å². The molecule has 0 radical (unpaired) electrons. The third kappa shape index (κ3) is 4.19. The van der Waals surface area contributed by atoms with E-state index in [0.717, 1.165) is 11.4 Å². The van der Waals surface area contributed by atoms with Gasteiger partial charge in [0.1, 0.15) is 0 Å². The minimum Gasteiger partial charge on any atom is -0.454 e. The number of Topliss-reactive ketones (excluding diaryl/α,β-unsaturated/α-hetero) is 1. The van der Waals surface area contributed by atoms with Crippen LogP contribution in [0.1, 0.15) is 50.6 Å². The van der Waals surface area contributed by atoms with Crippen molar-refractivity contribution in [3.05, 3.63) is 58.4 Å². The Kier molecular flexibility index (Phi) is 6.31. The van der Waals surface area contributed by atoms with Crippen LogP contribution in [-0.4, -0.2) is 36.6 Å². The van der Waals surface area contributed by atoms with Crippen molar-refractivity contribution in [3.8, 4) is 6.07 Å². The summed E-state index contributed by atoms with van der Waals surface area (Å²) >= 11 is 0. The monoisotopic (exact) mass is 354 g/mol. The first-order chi connectivity index (χ1) is 12.4. The van der Waals surface area contributed by atoms with Gasteiger partial charge in [-0.25, -0.2) is 4.79 Å². The quantitative estimate of drug-likeness (QED) is 0.563. The molecule has 0 aliphatic rings. The molecule has 2 aromatic rings. The van der Waals surface area contributed by atoms with E-state index in [-0.39, 0.29) is 24.0 Å². The fraction of sp³-hybridized carbons (Fsp3) is 0.350. The van der Waals surface area contributed by atoms with Crippen LogP contribution < -0.4 is 0 Å². The topological polar surface area (TPSA) is 81.3 Å². The molecule has 2 rings (SSSR count). The molecule has 0 N–H and O–H groups in total. The summed E-state index contributed by atoms with van der Waals surface area (Å²) in [7, 11) is 1.64. The van der Waals surface area contributed by atoms with Gasteiger partial charge in [0.15, 0.2) is 6.61 Å². The predicted octanol–water partition coefficient (Wildman–Crippen LogP) is 3.22. The third-order valence-corrected chi connectivity index (χ3v) is 4.20. The molecule has 0 fully saturated rings. The summed E-state index contributed by atoms with van der Waals surface area (Å²) in [6.45, 7) is 5.99. The van der Waals surface area contributed by atoms with E-state index in [9.17, 15) is 9.59 Å². The largest absolute Gasteiger partial charge is 0.454 e. The smallest absolute Gasteiger partial charge is 0.338 e. The second-order valence-electron chi connectivity index (χ2n) is 6.15. The molecule has 26 heavy (non-hydrogen) atoms. The number of hydrogen-bond donors (Lipinski definition) is 0. The van der Waals surface area contributed by atoms with Gasteiger partial charge in [-0.3, -0.25) is 4.79 Å². The standard InChI is InChI=1S/C20H22N2O4/c1-13-8-18(15(3)22(13)14(2)11-25-4)19(23)12-26-20(24)17-7-5-6-16(9-17)10-21/h5-9,14H,11-12H2,1-4H3/t14-/m0/s1. The second-order valence-corrected chi connectivity index (χ2v) is 6.15. The maximum Gasteiger partial charge on any atom is 0.338 e. The first kappa shape index (κ1) is 19.4. The lowest BCUT2D eigenvalue weighted by Gasteiger charge is -2.17. The zero-order chi connectivity index (χ0) is 19.3. The number of benzene rings is 1. The Balaban J connectivity index is 2.09. The van der Waals surface area contributed by atoms with Crippen LogP contribution in [0.3, 0.4) is 0 Å². The van der Waals surface area contributed by atoms with Crippen LogP contribution in [0.5, 0.6) is 0 Å². The first-order valence-electron chi connectivity index (χ1n) is 8.26. The number of esters is 1. The van der Waals surface area contributed by atoms with Crippen molar-refractivity contribution in [1.82, 2.24) is 4.57 Å². The zero-order valence-corrected chi connectivity index (χ0v) is 15.4. The number of aryl methyl sites for hydroxylation is 1.